The number of piperidine rings is 1. The van der Waals surface area contributed by atoms with E-state index < -0.39 is 0 Å². The van der Waals surface area contributed by atoms with E-state index in [1.165, 1.54) is 11.3 Å². The van der Waals surface area contributed by atoms with Gasteiger partial charge in [0.25, 0.3) is 0 Å². The summed E-state index contributed by atoms with van der Waals surface area (Å²) < 4.78 is 5.61. The van der Waals surface area contributed by atoms with Crippen molar-refractivity contribution in [3.63, 3.8) is 0 Å². The predicted octanol–water partition coefficient (Wildman–Crippen LogP) is 1.73. The normalized spacial score (nSPS) is 32.1. The Morgan fingerprint density at radius 3 is 2.41 bits per heavy atom. The van der Waals surface area contributed by atoms with E-state index in [4.69, 9.17) is 4.42 Å². The van der Waals surface area contributed by atoms with E-state index in [0.717, 1.165) is 38.1 Å². The lowest BCUT2D eigenvalue weighted by Gasteiger charge is -2.33. The fourth-order valence-corrected chi connectivity index (χ4v) is 5.65. The number of amides is 3. The molecule has 0 unspecified atom stereocenters. The van der Waals surface area contributed by atoms with Crippen LogP contribution in [0.25, 0.3) is 0 Å². The molecule has 2 bridgehead atoms. The van der Waals surface area contributed by atoms with Gasteiger partial charge in [0.2, 0.25) is 17.7 Å². The third-order valence-corrected chi connectivity index (χ3v) is 7.06. The summed E-state index contributed by atoms with van der Waals surface area (Å²) in [6.07, 6.45) is 10.2. The summed E-state index contributed by atoms with van der Waals surface area (Å²) in [6.45, 7) is 2.17. The first-order valence-electron chi connectivity index (χ1n) is 10.7. The van der Waals surface area contributed by atoms with Gasteiger partial charge in [0.05, 0.1) is 24.1 Å². The van der Waals surface area contributed by atoms with Gasteiger partial charge in [-0.25, -0.2) is 0 Å². The number of furan rings is 1. The monoisotopic (exact) mass is 397 g/mol. The highest BCUT2D eigenvalue weighted by Gasteiger charge is 2.59. The SMILES string of the molecule is O=C(CN1C(=O)[C@H]2[C@H](C1=O)[C@H]1C=C[C@H]2C1)NC[C@H](c1ccco1)N1CCCCC1. The summed E-state index contributed by atoms with van der Waals surface area (Å²) in [6, 6.07) is 3.76. The number of carbonyl (C=O) groups is 3. The Labute approximate surface area is 170 Å². The number of hydrogen-bond acceptors (Lipinski definition) is 5. The maximum atomic E-state index is 12.8. The molecule has 7 heteroatoms. The standard InChI is InChI=1S/C22H27N3O4/c26-18(13-25-21(27)19-14-6-7-15(11-14)20(19)22(25)28)23-12-16(17-5-4-10-29-17)24-8-2-1-3-9-24/h4-7,10,14-16,19-20H,1-3,8-9,11-13H2,(H,23,26)/t14-,15-,16+,19+,20+/m0/s1. The van der Waals surface area contributed by atoms with Crippen molar-refractivity contribution in [2.24, 2.45) is 23.7 Å². The van der Waals surface area contributed by atoms with Gasteiger partial charge >= 0.3 is 0 Å². The summed E-state index contributed by atoms with van der Waals surface area (Å²) in [5.74, 6) is 0.00686. The second kappa shape index (κ2) is 7.44. The lowest BCUT2D eigenvalue weighted by Crippen LogP contribution is -2.45. The van der Waals surface area contributed by atoms with E-state index >= 15 is 0 Å². The Kier molecular flexibility index (Phi) is 4.78. The molecule has 3 amide bonds. The topological polar surface area (TPSA) is 82.9 Å². The first kappa shape index (κ1) is 18.6. The van der Waals surface area contributed by atoms with E-state index in [0.29, 0.717) is 6.54 Å². The lowest BCUT2D eigenvalue weighted by molar-refractivity contribution is -0.144. The van der Waals surface area contributed by atoms with Crippen LogP contribution in [-0.2, 0) is 14.4 Å². The first-order chi connectivity index (χ1) is 14.1. The number of nitrogens with one attached hydrogen (secondary N) is 1. The molecule has 1 aromatic heterocycles. The Bertz CT molecular complexity index is 797. The molecule has 0 aromatic carbocycles. The third-order valence-electron chi connectivity index (χ3n) is 7.06. The molecule has 2 aliphatic heterocycles. The van der Waals surface area contributed by atoms with Crippen LogP contribution >= 0.6 is 0 Å². The van der Waals surface area contributed by atoms with Crippen molar-refractivity contribution in [3.05, 3.63) is 36.3 Å². The number of carbonyl (C=O) groups excluding carboxylic acids is 3. The van der Waals surface area contributed by atoms with Crippen molar-refractivity contribution in [1.29, 1.82) is 0 Å². The van der Waals surface area contributed by atoms with Crippen LogP contribution in [0.5, 0.6) is 0 Å². The van der Waals surface area contributed by atoms with Crippen LogP contribution in [0.1, 0.15) is 37.5 Å². The smallest absolute Gasteiger partial charge is 0.240 e. The molecule has 1 saturated carbocycles. The molecular formula is C22H27N3O4. The van der Waals surface area contributed by atoms with Gasteiger partial charge in [0.15, 0.2) is 0 Å². The molecule has 29 heavy (non-hydrogen) atoms. The molecule has 0 radical (unpaired) electrons. The summed E-state index contributed by atoms with van der Waals surface area (Å²) in [7, 11) is 0. The fraction of sp³-hybridized carbons (Fsp3) is 0.591. The molecule has 5 atom stereocenters. The quantitative estimate of drug-likeness (QED) is 0.584. The van der Waals surface area contributed by atoms with Crippen molar-refractivity contribution in [1.82, 2.24) is 15.1 Å². The molecule has 2 saturated heterocycles. The van der Waals surface area contributed by atoms with Gasteiger partial charge in [-0.1, -0.05) is 18.6 Å². The average Bonchev–Trinajstić information content (AvgIpc) is 3.51. The van der Waals surface area contributed by atoms with Crippen LogP contribution < -0.4 is 5.32 Å². The number of imide groups is 1. The first-order valence-corrected chi connectivity index (χ1v) is 10.7. The van der Waals surface area contributed by atoms with Gasteiger partial charge in [-0.05, 0) is 56.3 Å². The highest BCUT2D eigenvalue weighted by molar-refractivity contribution is 6.08. The van der Waals surface area contributed by atoms with Gasteiger partial charge in [0, 0.05) is 6.54 Å². The summed E-state index contributed by atoms with van der Waals surface area (Å²) in [4.78, 5) is 41.7. The van der Waals surface area contributed by atoms with Crippen molar-refractivity contribution in [2.45, 2.75) is 31.7 Å². The summed E-state index contributed by atoms with van der Waals surface area (Å²) in [5.41, 5.74) is 0. The van der Waals surface area contributed by atoms with Gasteiger partial charge in [-0.15, -0.1) is 0 Å². The Morgan fingerprint density at radius 2 is 1.79 bits per heavy atom. The Balaban J connectivity index is 1.21. The molecule has 2 aliphatic carbocycles. The minimum absolute atomic E-state index is 0.0290. The third kappa shape index (κ3) is 3.21. The van der Waals surface area contributed by atoms with Crippen molar-refractivity contribution in [3.8, 4) is 0 Å². The molecular weight excluding hydrogens is 370 g/mol. The predicted molar refractivity (Wildman–Crippen MR) is 104 cm³/mol. The van der Waals surface area contributed by atoms with Gasteiger partial charge in [0.1, 0.15) is 12.3 Å². The molecule has 3 heterocycles. The Hall–Kier alpha value is -2.41. The van der Waals surface area contributed by atoms with Crippen molar-refractivity contribution >= 4 is 17.7 Å². The van der Waals surface area contributed by atoms with E-state index in [2.05, 4.69) is 22.4 Å². The van der Waals surface area contributed by atoms with Crippen LogP contribution in [0.15, 0.2) is 35.0 Å². The highest BCUT2D eigenvalue weighted by atomic mass is 16.3. The summed E-state index contributed by atoms with van der Waals surface area (Å²) in [5, 5.41) is 2.94. The lowest BCUT2D eigenvalue weighted by atomic mass is 9.85. The second-order valence-electron chi connectivity index (χ2n) is 8.69. The maximum Gasteiger partial charge on any atom is 0.240 e. The zero-order chi connectivity index (χ0) is 20.0. The zero-order valence-corrected chi connectivity index (χ0v) is 16.5. The second-order valence-corrected chi connectivity index (χ2v) is 8.69. The van der Waals surface area contributed by atoms with E-state index in [-0.39, 0.29) is 54.0 Å². The van der Waals surface area contributed by atoms with E-state index in [9.17, 15) is 14.4 Å². The summed E-state index contributed by atoms with van der Waals surface area (Å²) >= 11 is 0. The molecule has 4 aliphatic rings. The van der Waals surface area contributed by atoms with E-state index in [1.807, 2.05) is 12.1 Å². The van der Waals surface area contributed by atoms with E-state index in [1.54, 1.807) is 6.26 Å². The molecule has 3 fully saturated rings. The minimum Gasteiger partial charge on any atom is -0.468 e. The largest absolute Gasteiger partial charge is 0.468 e. The molecule has 0 spiro atoms. The number of fused-ring (bicyclic) bond motifs is 5. The van der Waals surface area contributed by atoms with Gasteiger partial charge < -0.3 is 9.73 Å². The number of allylic oxidation sites excluding steroid dienone is 2. The van der Waals surface area contributed by atoms with Crippen LogP contribution in [0.4, 0.5) is 0 Å². The molecule has 1 N–H and O–H groups in total. The minimum atomic E-state index is -0.291. The molecule has 1 aromatic rings. The van der Waals surface area contributed by atoms with Crippen molar-refractivity contribution < 1.29 is 18.8 Å². The highest BCUT2D eigenvalue weighted by Crippen LogP contribution is 2.52. The van der Waals surface area contributed by atoms with Gasteiger partial charge in [-0.3, -0.25) is 24.2 Å². The molecule has 5 rings (SSSR count). The number of rotatable bonds is 6. The average molecular weight is 397 g/mol. The maximum absolute atomic E-state index is 12.8. The van der Waals surface area contributed by atoms with Crippen LogP contribution in [-0.4, -0.2) is 53.7 Å². The number of hydrogen-bond donors (Lipinski definition) is 1. The Morgan fingerprint density at radius 1 is 1.10 bits per heavy atom. The zero-order valence-electron chi connectivity index (χ0n) is 16.5. The molecule has 7 nitrogen and oxygen atoms in total. The number of likely N-dealkylation sites (tertiary alicyclic amines) is 2. The molecule has 154 valence electrons. The van der Waals surface area contributed by atoms with Crippen LogP contribution in [0, 0.1) is 23.7 Å². The fourth-order valence-electron chi connectivity index (χ4n) is 5.65. The van der Waals surface area contributed by atoms with Crippen LogP contribution in [0.3, 0.4) is 0 Å². The van der Waals surface area contributed by atoms with Gasteiger partial charge in [-0.2, -0.15) is 0 Å². The van der Waals surface area contributed by atoms with Crippen molar-refractivity contribution in [2.75, 3.05) is 26.2 Å². The van der Waals surface area contributed by atoms with Crippen LogP contribution in [0.2, 0.25) is 0 Å². The number of nitrogens with zero attached hydrogens (tertiary/aromatic N) is 2.